The Balaban J connectivity index is 1.81. The van der Waals surface area contributed by atoms with Gasteiger partial charge < -0.3 is 19.9 Å². The highest BCUT2D eigenvalue weighted by molar-refractivity contribution is 5.89. The molecule has 1 amide bonds. The van der Waals surface area contributed by atoms with E-state index in [1.54, 1.807) is 6.92 Å². The van der Waals surface area contributed by atoms with Gasteiger partial charge in [0.15, 0.2) is 23.2 Å². The summed E-state index contributed by atoms with van der Waals surface area (Å²) in [6.07, 6.45) is -5.09. The Hall–Kier alpha value is -3.22. The Morgan fingerprint density at radius 2 is 2.06 bits per heavy atom. The molecule has 3 rings (SSSR count). The van der Waals surface area contributed by atoms with Crippen molar-refractivity contribution in [2.75, 3.05) is 16.8 Å². The first kappa shape index (κ1) is 24.4. The van der Waals surface area contributed by atoms with Gasteiger partial charge in [-0.3, -0.25) is 0 Å². The van der Waals surface area contributed by atoms with Crippen LogP contribution in [0.1, 0.15) is 38.3 Å². The number of nitrogens with one attached hydrogen (secondary N) is 1. The first-order valence-electron chi connectivity index (χ1n) is 9.98. The van der Waals surface area contributed by atoms with E-state index < -0.39 is 53.8 Å². The fourth-order valence-corrected chi connectivity index (χ4v) is 3.32. The number of cyclic esters (lactones) is 1. The number of nitrogens with zero attached hydrogens (tertiary/aromatic N) is 3. The highest BCUT2D eigenvalue weighted by atomic mass is 19.4. The molecule has 0 radical (unpaired) electrons. The molecule has 13 heteroatoms. The van der Waals surface area contributed by atoms with Crippen molar-refractivity contribution in [1.29, 1.82) is 0 Å². The summed E-state index contributed by atoms with van der Waals surface area (Å²) in [5.41, 5.74) is 0.230. The van der Waals surface area contributed by atoms with E-state index >= 15 is 0 Å². The van der Waals surface area contributed by atoms with Gasteiger partial charge in [0.2, 0.25) is 5.95 Å². The van der Waals surface area contributed by atoms with Crippen molar-refractivity contribution in [3.8, 4) is 5.75 Å². The van der Waals surface area contributed by atoms with E-state index in [4.69, 9.17) is 4.74 Å². The second-order valence-corrected chi connectivity index (χ2v) is 7.34. The van der Waals surface area contributed by atoms with Gasteiger partial charge in [-0.1, -0.05) is 19.4 Å². The minimum Gasteiger partial charge on any atom is -0.447 e. The van der Waals surface area contributed by atoms with Crippen molar-refractivity contribution in [2.24, 2.45) is 0 Å². The van der Waals surface area contributed by atoms with E-state index in [0.29, 0.717) is 12.8 Å². The number of aliphatic hydroxyl groups excluding tert-OH is 1. The van der Waals surface area contributed by atoms with Crippen molar-refractivity contribution in [3.05, 3.63) is 41.6 Å². The molecule has 33 heavy (non-hydrogen) atoms. The Kier molecular flexibility index (Phi) is 7.20. The van der Waals surface area contributed by atoms with Crippen molar-refractivity contribution >= 4 is 17.9 Å². The zero-order valence-electron chi connectivity index (χ0n) is 17.6. The summed E-state index contributed by atoms with van der Waals surface area (Å²) in [5.74, 6) is -3.70. The van der Waals surface area contributed by atoms with Gasteiger partial charge in [-0.15, -0.1) is 13.2 Å². The molecule has 1 aliphatic heterocycles. The Morgan fingerprint density at radius 1 is 1.33 bits per heavy atom. The van der Waals surface area contributed by atoms with Gasteiger partial charge in [0, 0.05) is 0 Å². The van der Waals surface area contributed by atoms with Gasteiger partial charge >= 0.3 is 12.5 Å². The van der Waals surface area contributed by atoms with Crippen LogP contribution in [0.5, 0.6) is 5.75 Å². The number of hydrogen-bond donors (Lipinski definition) is 2. The number of carbonyl (C=O) groups is 1. The molecule has 2 heterocycles. The molecule has 1 aromatic carbocycles. The Labute approximate surface area is 185 Å². The SMILES string of the molecule is CCC[C@@H](O)[C@H]1COC(=O)N1c1nc(N[C@@H](C)c2ccc(OC(F)(F)F)c(F)c2)ncc1F. The third-order valence-electron chi connectivity index (χ3n) is 4.92. The van der Waals surface area contributed by atoms with Crippen molar-refractivity contribution in [2.45, 2.75) is 51.2 Å². The Morgan fingerprint density at radius 3 is 2.70 bits per heavy atom. The van der Waals surface area contributed by atoms with E-state index in [2.05, 4.69) is 20.0 Å². The molecule has 1 fully saturated rings. The summed E-state index contributed by atoms with van der Waals surface area (Å²) >= 11 is 0. The van der Waals surface area contributed by atoms with Crippen LogP contribution in [0.15, 0.2) is 24.4 Å². The molecule has 0 aliphatic carbocycles. The predicted octanol–water partition coefficient (Wildman–Crippen LogP) is 4.31. The number of hydrogen-bond acceptors (Lipinski definition) is 7. The lowest BCUT2D eigenvalue weighted by atomic mass is 10.1. The summed E-state index contributed by atoms with van der Waals surface area (Å²) in [6.45, 7) is 3.24. The first-order chi connectivity index (χ1) is 15.5. The number of anilines is 2. The first-order valence-corrected chi connectivity index (χ1v) is 9.98. The normalized spacial score (nSPS) is 18.1. The summed E-state index contributed by atoms with van der Waals surface area (Å²) in [4.78, 5) is 20.9. The van der Waals surface area contributed by atoms with E-state index in [9.17, 15) is 31.9 Å². The van der Waals surface area contributed by atoms with Gasteiger partial charge in [-0.25, -0.2) is 23.5 Å². The largest absolute Gasteiger partial charge is 0.573 e. The van der Waals surface area contributed by atoms with Crippen LogP contribution in [0.2, 0.25) is 0 Å². The third kappa shape index (κ3) is 5.78. The molecule has 0 bridgehead atoms. The summed E-state index contributed by atoms with van der Waals surface area (Å²) in [6, 6.07) is 1.32. The van der Waals surface area contributed by atoms with E-state index in [0.717, 1.165) is 23.2 Å². The zero-order chi connectivity index (χ0) is 24.3. The molecule has 1 aliphatic rings. The van der Waals surface area contributed by atoms with Crippen LogP contribution < -0.4 is 15.0 Å². The average Bonchev–Trinajstić information content (AvgIpc) is 3.11. The maximum Gasteiger partial charge on any atom is 0.573 e. The van der Waals surface area contributed by atoms with Crippen LogP contribution in [0, 0.1) is 11.6 Å². The number of amides is 1. The third-order valence-corrected chi connectivity index (χ3v) is 4.92. The number of ether oxygens (including phenoxy) is 2. The number of carbonyl (C=O) groups excluding carboxylic acids is 1. The lowest BCUT2D eigenvalue weighted by Crippen LogP contribution is -2.43. The van der Waals surface area contributed by atoms with E-state index in [1.807, 2.05) is 6.92 Å². The molecule has 180 valence electrons. The quantitative estimate of drug-likeness (QED) is 0.548. The zero-order valence-corrected chi connectivity index (χ0v) is 17.6. The van der Waals surface area contributed by atoms with Crippen LogP contribution in [-0.2, 0) is 4.74 Å². The number of aromatic nitrogens is 2. The molecular weight excluding hydrogens is 455 g/mol. The van der Waals surface area contributed by atoms with E-state index in [-0.39, 0.29) is 18.1 Å². The topological polar surface area (TPSA) is 96.8 Å². The monoisotopic (exact) mass is 476 g/mol. The molecule has 0 spiro atoms. The lowest BCUT2D eigenvalue weighted by molar-refractivity contribution is -0.275. The van der Waals surface area contributed by atoms with Crippen LogP contribution in [0.25, 0.3) is 0 Å². The number of rotatable bonds is 8. The van der Waals surface area contributed by atoms with Crippen LogP contribution in [-0.4, -0.2) is 46.3 Å². The molecule has 2 aromatic rings. The molecular formula is C20H21F5N4O4. The molecule has 2 N–H and O–H groups in total. The average molecular weight is 476 g/mol. The van der Waals surface area contributed by atoms with E-state index in [1.165, 1.54) is 6.07 Å². The fraction of sp³-hybridized carbons (Fsp3) is 0.450. The van der Waals surface area contributed by atoms with Crippen molar-refractivity contribution < 1.29 is 41.3 Å². The van der Waals surface area contributed by atoms with Crippen LogP contribution in [0.4, 0.5) is 38.5 Å². The highest BCUT2D eigenvalue weighted by Crippen LogP contribution is 2.30. The molecule has 3 atom stereocenters. The second kappa shape index (κ2) is 9.73. The van der Waals surface area contributed by atoms with Gasteiger partial charge in [-0.2, -0.15) is 4.98 Å². The van der Waals surface area contributed by atoms with Crippen molar-refractivity contribution in [3.63, 3.8) is 0 Å². The Bertz CT molecular complexity index is 1010. The van der Waals surface area contributed by atoms with Crippen molar-refractivity contribution in [1.82, 2.24) is 9.97 Å². The number of benzene rings is 1. The molecule has 1 aromatic heterocycles. The number of alkyl halides is 3. The van der Waals surface area contributed by atoms with Crippen LogP contribution >= 0.6 is 0 Å². The predicted molar refractivity (Wildman–Crippen MR) is 106 cm³/mol. The van der Waals surface area contributed by atoms with Gasteiger partial charge in [0.1, 0.15) is 12.6 Å². The standard InChI is InChI=1S/C20H21F5N4O4/c1-3-4-15(30)14-9-32-19(31)29(14)17-13(22)8-26-18(28-17)27-10(2)11-5-6-16(12(21)7-11)33-20(23,24)25/h5-8,10,14-15,30H,3-4,9H2,1-2H3,(H,26,27,28)/t10-,14+,15+/m0/s1. The molecule has 1 saturated heterocycles. The molecule has 8 nitrogen and oxygen atoms in total. The summed E-state index contributed by atoms with van der Waals surface area (Å²) in [7, 11) is 0. The lowest BCUT2D eigenvalue weighted by Gasteiger charge is -2.25. The van der Waals surface area contributed by atoms with Gasteiger partial charge in [-0.05, 0) is 31.0 Å². The maximum absolute atomic E-state index is 14.5. The number of aliphatic hydroxyl groups is 1. The minimum absolute atomic E-state index is 0.140. The smallest absolute Gasteiger partial charge is 0.447 e. The van der Waals surface area contributed by atoms with Gasteiger partial charge in [0.05, 0.1) is 18.3 Å². The minimum atomic E-state index is -5.04. The highest BCUT2D eigenvalue weighted by Gasteiger charge is 2.41. The maximum atomic E-state index is 14.5. The summed E-state index contributed by atoms with van der Waals surface area (Å²) < 4.78 is 74.0. The number of halogens is 5. The van der Waals surface area contributed by atoms with Crippen LogP contribution in [0.3, 0.4) is 0 Å². The summed E-state index contributed by atoms with van der Waals surface area (Å²) in [5, 5.41) is 13.1. The molecule has 0 saturated carbocycles. The molecule has 0 unspecified atom stereocenters. The fourth-order valence-electron chi connectivity index (χ4n) is 3.32. The second-order valence-electron chi connectivity index (χ2n) is 7.34. The van der Waals surface area contributed by atoms with Gasteiger partial charge in [0.25, 0.3) is 0 Å².